The number of carbonyl (C=O) groups is 6. The zero-order valence-corrected chi connectivity index (χ0v) is 48.6. The van der Waals surface area contributed by atoms with Crippen LogP contribution in [-0.4, -0.2) is 146 Å². The maximum absolute atomic E-state index is 14.0. The van der Waals surface area contributed by atoms with E-state index in [4.69, 9.17) is 35.2 Å². The first kappa shape index (κ1) is 64.6. The van der Waals surface area contributed by atoms with E-state index in [1.165, 1.54) is 36.9 Å². The second kappa shape index (κ2) is 32.2. The van der Waals surface area contributed by atoms with Gasteiger partial charge >= 0.3 is 12.2 Å². The third-order valence-electron chi connectivity index (χ3n) is 14.3. The van der Waals surface area contributed by atoms with Crippen molar-refractivity contribution in [3.8, 4) is 23.0 Å². The molecule has 2 fully saturated rings. The first-order valence-corrected chi connectivity index (χ1v) is 28.2. The van der Waals surface area contributed by atoms with Gasteiger partial charge in [-0.15, -0.1) is 0 Å². The Labute approximate surface area is 464 Å². The summed E-state index contributed by atoms with van der Waals surface area (Å²) in [6.07, 6.45) is 12.6. The predicted molar refractivity (Wildman–Crippen MR) is 302 cm³/mol. The number of hydrogen-bond donors (Lipinski definition) is 4. The second-order valence-corrected chi connectivity index (χ2v) is 22.7. The van der Waals surface area contributed by atoms with Gasteiger partial charge in [-0.05, 0) is 93.2 Å². The summed E-state index contributed by atoms with van der Waals surface area (Å²) in [5.41, 5.74) is 12.2. The Morgan fingerprint density at radius 2 is 1.17 bits per heavy atom. The molecule has 2 aliphatic heterocycles. The van der Waals surface area contributed by atoms with Crippen LogP contribution in [0.1, 0.15) is 144 Å². The van der Waals surface area contributed by atoms with E-state index in [9.17, 15) is 28.8 Å². The summed E-state index contributed by atoms with van der Waals surface area (Å²) in [5.74, 6) is 2.05. The maximum Gasteiger partial charge on any atom is 0.415 e. The van der Waals surface area contributed by atoms with Crippen molar-refractivity contribution in [2.75, 3.05) is 73.2 Å². The maximum atomic E-state index is 14.0. The number of carbonyl (C=O) groups excluding carboxylic acids is 6. The number of ether oxygens (including phenoxy) is 5. The van der Waals surface area contributed by atoms with Gasteiger partial charge in [0, 0.05) is 90.3 Å². The molecule has 2 saturated heterocycles. The molecule has 78 heavy (non-hydrogen) atoms. The zero-order chi connectivity index (χ0) is 57.4. The zero-order valence-electron chi connectivity index (χ0n) is 48.6. The summed E-state index contributed by atoms with van der Waals surface area (Å²) in [6, 6.07) is 9.30. The minimum atomic E-state index is -0.873. The number of nitrogens with zero attached hydrogens (tertiary/aromatic N) is 4. The standard InChI is InChI=1S/C59H94N8O11/c1-42(2)19-15-11-13-17-21-52(68)62-38-44-23-25-48(50(33-44)74-9)77-56(72)66-30-28-64(40-46(66)36-60)54(70)35-59(7,8)76-32-27-58(5,6)55(71)65-29-31-67(47(37-61)41-65)57(73)78-49-26-24-45(34-51(49)75-10)39-63-53(69)22-18-14-12-16-20-43(3)4/h15,19,23-26,33-34,42-43,46-47H,11-14,16-18,20-22,27-32,35-41,60-61H2,1-10H3,(H,62,68)(H,63,69)/b19-15+. The van der Waals surface area contributed by atoms with Crippen molar-refractivity contribution >= 4 is 35.8 Å². The molecule has 6 N–H and O–H groups in total. The summed E-state index contributed by atoms with van der Waals surface area (Å²) < 4.78 is 29.0. The summed E-state index contributed by atoms with van der Waals surface area (Å²) >= 11 is 0. The van der Waals surface area contributed by atoms with Gasteiger partial charge in [-0.1, -0.05) is 91.5 Å². The van der Waals surface area contributed by atoms with Crippen molar-refractivity contribution in [1.82, 2.24) is 30.2 Å². The third-order valence-corrected chi connectivity index (χ3v) is 14.3. The molecule has 0 bridgehead atoms. The van der Waals surface area contributed by atoms with E-state index in [0.29, 0.717) is 55.7 Å². The highest BCUT2D eigenvalue weighted by Crippen LogP contribution is 2.32. The topological polar surface area (TPSA) is 238 Å². The molecular weight excluding hydrogens is 997 g/mol. The van der Waals surface area contributed by atoms with Crippen molar-refractivity contribution in [1.29, 1.82) is 0 Å². The molecule has 19 nitrogen and oxygen atoms in total. The van der Waals surface area contributed by atoms with Gasteiger partial charge in [0.25, 0.3) is 0 Å². The van der Waals surface area contributed by atoms with Crippen LogP contribution in [0.15, 0.2) is 48.6 Å². The number of nitrogens with one attached hydrogen (secondary N) is 2. The lowest BCUT2D eigenvalue weighted by Gasteiger charge is -2.43. The van der Waals surface area contributed by atoms with Crippen molar-refractivity contribution in [2.45, 2.75) is 163 Å². The number of nitrogens with two attached hydrogens (primary N) is 2. The SMILES string of the molecule is COc1cc(CNC(=O)CCCC/C=C/C(C)C)ccc1OC(=O)N1CCN(C(=O)CC(C)(C)OCCC(C)(C)C(=O)N2CCN(C(=O)Oc3ccc(CNC(=O)CCCCCCC(C)C)cc3OC)C(CN)C2)CC1CN. The fourth-order valence-electron chi connectivity index (χ4n) is 9.45. The Morgan fingerprint density at radius 3 is 1.67 bits per heavy atom. The van der Waals surface area contributed by atoms with Crippen molar-refractivity contribution in [3.63, 3.8) is 0 Å². The highest BCUT2D eigenvalue weighted by Gasteiger charge is 2.40. The second-order valence-electron chi connectivity index (χ2n) is 22.7. The van der Waals surface area contributed by atoms with Crippen molar-refractivity contribution in [2.24, 2.45) is 28.7 Å². The number of benzene rings is 2. The van der Waals surface area contributed by atoms with Crippen LogP contribution in [0, 0.1) is 17.3 Å². The number of piperazine rings is 2. The largest absolute Gasteiger partial charge is 0.493 e. The molecule has 0 saturated carbocycles. The van der Waals surface area contributed by atoms with Crippen LogP contribution in [0.25, 0.3) is 0 Å². The number of hydrogen-bond acceptors (Lipinski definition) is 13. The molecular formula is C59H94N8O11. The Hall–Kier alpha value is -5.92. The molecule has 4 rings (SSSR count). The minimum Gasteiger partial charge on any atom is -0.493 e. The van der Waals surface area contributed by atoms with Gasteiger partial charge in [0.15, 0.2) is 23.0 Å². The summed E-state index contributed by atoms with van der Waals surface area (Å²) in [6.45, 7) is 18.5. The molecule has 2 atom stereocenters. The van der Waals surface area contributed by atoms with E-state index in [1.807, 2.05) is 27.7 Å². The molecule has 2 aromatic rings. The van der Waals surface area contributed by atoms with Crippen molar-refractivity contribution in [3.05, 3.63) is 59.7 Å². The molecule has 0 spiro atoms. The Kier molecular flexibility index (Phi) is 26.7. The van der Waals surface area contributed by atoms with Gasteiger partial charge in [-0.2, -0.15) is 0 Å². The van der Waals surface area contributed by atoms with E-state index < -0.39 is 35.3 Å². The molecule has 2 aliphatic rings. The monoisotopic (exact) mass is 1090 g/mol. The first-order valence-electron chi connectivity index (χ1n) is 28.2. The molecule has 2 heterocycles. The molecule has 0 radical (unpaired) electrons. The molecule has 0 aromatic heterocycles. The van der Waals surface area contributed by atoms with Gasteiger partial charge in [-0.3, -0.25) is 19.2 Å². The molecule has 436 valence electrons. The lowest BCUT2D eigenvalue weighted by Crippen LogP contribution is -2.61. The minimum absolute atomic E-state index is 0.00756. The van der Waals surface area contributed by atoms with Crippen LogP contribution < -0.4 is 41.0 Å². The smallest absolute Gasteiger partial charge is 0.415 e. The number of rotatable bonds is 30. The number of amides is 6. The quantitative estimate of drug-likeness (QED) is 0.0430. The van der Waals surface area contributed by atoms with Gasteiger partial charge in [0.2, 0.25) is 23.6 Å². The summed E-state index contributed by atoms with van der Waals surface area (Å²) in [4.78, 5) is 86.3. The van der Waals surface area contributed by atoms with E-state index in [1.54, 1.807) is 46.2 Å². The normalized spacial score (nSPS) is 16.2. The number of methoxy groups -OCH3 is 2. The molecule has 19 heteroatoms. The van der Waals surface area contributed by atoms with Gasteiger partial charge in [0.1, 0.15) is 0 Å². The molecule has 0 aliphatic carbocycles. The van der Waals surface area contributed by atoms with Crippen LogP contribution in [0.5, 0.6) is 23.0 Å². The molecule has 6 amide bonds. The average molecular weight is 1090 g/mol. The highest BCUT2D eigenvalue weighted by atomic mass is 16.6. The van der Waals surface area contributed by atoms with E-state index in [2.05, 4.69) is 50.5 Å². The Balaban J connectivity index is 1.19. The lowest BCUT2D eigenvalue weighted by atomic mass is 9.87. The Morgan fingerprint density at radius 1 is 0.667 bits per heavy atom. The fourth-order valence-corrected chi connectivity index (χ4v) is 9.45. The van der Waals surface area contributed by atoms with E-state index >= 15 is 0 Å². The highest BCUT2D eigenvalue weighted by molar-refractivity contribution is 5.83. The number of allylic oxidation sites excluding steroid dienone is 2. The molecule has 2 aromatic carbocycles. The third kappa shape index (κ3) is 21.4. The first-order chi connectivity index (χ1) is 37.1. The average Bonchev–Trinajstić information content (AvgIpc) is 3.41. The van der Waals surface area contributed by atoms with E-state index in [0.717, 1.165) is 49.7 Å². The van der Waals surface area contributed by atoms with Crippen LogP contribution in [-0.2, 0) is 37.0 Å². The van der Waals surface area contributed by atoms with Gasteiger partial charge in [0.05, 0.1) is 38.3 Å². The summed E-state index contributed by atoms with van der Waals surface area (Å²) in [5, 5.41) is 5.91. The fraction of sp³-hybridized carbons (Fsp3) is 0.661. The van der Waals surface area contributed by atoms with Crippen LogP contribution >= 0.6 is 0 Å². The lowest BCUT2D eigenvalue weighted by molar-refractivity contribution is -0.147. The predicted octanol–water partition coefficient (Wildman–Crippen LogP) is 7.95. The Bertz CT molecular complexity index is 2290. The van der Waals surface area contributed by atoms with Crippen LogP contribution in [0.3, 0.4) is 0 Å². The molecule has 2 unspecified atom stereocenters. The van der Waals surface area contributed by atoms with Crippen LogP contribution in [0.4, 0.5) is 9.59 Å². The van der Waals surface area contributed by atoms with Gasteiger partial charge in [-0.25, -0.2) is 9.59 Å². The van der Waals surface area contributed by atoms with Gasteiger partial charge < -0.3 is 65.4 Å². The number of unbranched alkanes of at least 4 members (excludes halogenated alkanes) is 5. The van der Waals surface area contributed by atoms with E-state index in [-0.39, 0.29) is 101 Å². The van der Waals surface area contributed by atoms with Crippen molar-refractivity contribution < 1.29 is 52.5 Å². The summed E-state index contributed by atoms with van der Waals surface area (Å²) in [7, 11) is 2.97. The van der Waals surface area contributed by atoms with Crippen LogP contribution in [0.2, 0.25) is 0 Å².